The molecule has 0 aliphatic carbocycles. The quantitative estimate of drug-likeness (QED) is 0.806. The Balaban J connectivity index is 1.76. The molecule has 4 heteroatoms. The number of carbonyl (C=O) groups excluding carboxylic acids is 1. The Morgan fingerprint density at radius 2 is 2.10 bits per heavy atom. The molecule has 1 amide bonds. The minimum absolute atomic E-state index is 0.0601. The second-order valence-electron chi connectivity index (χ2n) is 4.92. The second-order valence-corrected chi connectivity index (χ2v) is 4.92. The predicted octanol–water partition coefficient (Wildman–Crippen LogP) is 1.92. The van der Waals surface area contributed by atoms with Crippen molar-refractivity contribution in [3.8, 4) is 5.75 Å². The molecule has 1 aromatic carbocycles. The highest BCUT2D eigenvalue weighted by atomic mass is 16.5. The van der Waals surface area contributed by atoms with Crippen LogP contribution in [0.5, 0.6) is 5.75 Å². The first-order chi connectivity index (χ1) is 9.79. The number of hydrogen-bond donors (Lipinski definition) is 1. The van der Waals surface area contributed by atoms with Crippen molar-refractivity contribution >= 4 is 12.0 Å². The normalized spacial score (nSPS) is 15.7. The lowest BCUT2D eigenvalue weighted by Gasteiger charge is -2.13. The Morgan fingerprint density at radius 3 is 2.85 bits per heavy atom. The molecule has 0 atom stereocenters. The summed E-state index contributed by atoms with van der Waals surface area (Å²) in [6.07, 6.45) is 5.90. The molecule has 1 fully saturated rings. The minimum Gasteiger partial charge on any atom is -0.496 e. The number of benzene rings is 1. The van der Waals surface area contributed by atoms with E-state index in [0.29, 0.717) is 6.54 Å². The zero-order chi connectivity index (χ0) is 14.2. The fraction of sp³-hybridized carbons (Fsp3) is 0.438. The van der Waals surface area contributed by atoms with Gasteiger partial charge < -0.3 is 15.0 Å². The Bertz CT molecular complexity index is 465. The van der Waals surface area contributed by atoms with Crippen molar-refractivity contribution in [3.63, 3.8) is 0 Å². The van der Waals surface area contributed by atoms with Crippen LogP contribution < -0.4 is 10.1 Å². The third-order valence-electron chi connectivity index (χ3n) is 3.48. The standard InChI is InChI=1S/C16H22N2O2/c1-20-15-7-3-2-6-14(15)8-9-16(19)17-10-13-18-11-4-5-12-18/h2-3,6-9H,4-5,10-13H2,1H3,(H,17,19)/b9-8+. The van der Waals surface area contributed by atoms with Crippen molar-refractivity contribution in [1.29, 1.82) is 0 Å². The molecular weight excluding hydrogens is 252 g/mol. The lowest BCUT2D eigenvalue weighted by molar-refractivity contribution is -0.116. The number of likely N-dealkylation sites (tertiary alicyclic amines) is 1. The fourth-order valence-electron chi connectivity index (χ4n) is 2.37. The number of para-hydroxylation sites is 1. The van der Waals surface area contributed by atoms with Gasteiger partial charge in [0.05, 0.1) is 7.11 Å². The topological polar surface area (TPSA) is 41.6 Å². The van der Waals surface area contributed by atoms with Crippen LogP contribution in [-0.2, 0) is 4.79 Å². The van der Waals surface area contributed by atoms with E-state index in [0.717, 1.165) is 30.9 Å². The van der Waals surface area contributed by atoms with Crippen LogP contribution in [0.3, 0.4) is 0 Å². The first kappa shape index (κ1) is 14.6. The van der Waals surface area contributed by atoms with Gasteiger partial charge in [-0.1, -0.05) is 18.2 Å². The van der Waals surface area contributed by atoms with Gasteiger partial charge in [0.25, 0.3) is 0 Å². The maximum Gasteiger partial charge on any atom is 0.244 e. The van der Waals surface area contributed by atoms with Crippen molar-refractivity contribution in [2.24, 2.45) is 0 Å². The van der Waals surface area contributed by atoms with Crippen LogP contribution in [0.25, 0.3) is 6.08 Å². The molecule has 0 spiro atoms. The molecule has 0 radical (unpaired) electrons. The van der Waals surface area contributed by atoms with Crippen LogP contribution in [0.4, 0.5) is 0 Å². The summed E-state index contributed by atoms with van der Waals surface area (Å²) in [7, 11) is 1.63. The number of methoxy groups -OCH3 is 1. The zero-order valence-corrected chi connectivity index (χ0v) is 12.0. The molecular formula is C16H22N2O2. The predicted molar refractivity (Wildman–Crippen MR) is 80.7 cm³/mol. The monoisotopic (exact) mass is 274 g/mol. The van der Waals surface area contributed by atoms with E-state index in [4.69, 9.17) is 4.74 Å². The van der Waals surface area contributed by atoms with Crippen molar-refractivity contribution in [3.05, 3.63) is 35.9 Å². The van der Waals surface area contributed by atoms with Gasteiger partial charge >= 0.3 is 0 Å². The first-order valence-electron chi connectivity index (χ1n) is 7.11. The smallest absolute Gasteiger partial charge is 0.244 e. The molecule has 1 heterocycles. The van der Waals surface area contributed by atoms with Gasteiger partial charge in [-0.2, -0.15) is 0 Å². The molecule has 2 rings (SSSR count). The van der Waals surface area contributed by atoms with Crippen LogP contribution in [0, 0.1) is 0 Å². The van der Waals surface area contributed by atoms with Crippen LogP contribution in [-0.4, -0.2) is 44.1 Å². The summed E-state index contributed by atoms with van der Waals surface area (Å²) in [4.78, 5) is 14.1. The molecule has 0 unspecified atom stereocenters. The molecule has 0 saturated carbocycles. The molecule has 20 heavy (non-hydrogen) atoms. The van der Waals surface area contributed by atoms with Gasteiger partial charge in [-0.15, -0.1) is 0 Å². The number of rotatable bonds is 6. The molecule has 1 aliphatic rings. The van der Waals surface area contributed by atoms with Gasteiger partial charge in [-0.25, -0.2) is 0 Å². The van der Waals surface area contributed by atoms with Gasteiger partial charge in [-0.3, -0.25) is 4.79 Å². The summed E-state index contributed by atoms with van der Waals surface area (Å²) in [5.74, 6) is 0.712. The van der Waals surface area contributed by atoms with Crippen LogP contribution in [0.2, 0.25) is 0 Å². The Morgan fingerprint density at radius 1 is 1.35 bits per heavy atom. The molecule has 1 saturated heterocycles. The second kappa shape index (κ2) is 7.70. The highest BCUT2D eigenvalue weighted by Gasteiger charge is 2.10. The van der Waals surface area contributed by atoms with Gasteiger partial charge in [0, 0.05) is 24.7 Å². The van der Waals surface area contributed by atoms with E-state index in [1.165, 1.54) is 12.8 Å². The third kappa shape index (κ3) is 4.38. The number of carbonyl (C=O) groups is 1. The maximum atomic E-state index is 11.7. The van der Waals surface area contributed by atoms with Crippen LogP contribution in [0.15, 0.2) is 30.3 Å². The van der Waals surface area contributed by atoms with Crippen LogP contribution >= 0.6 is 0 Å². The molecule has 0 bridgehead atoms. The van der Waals surface area contributed by atoms with Gasteiger partial charge in [0.1, 0.15) is 5.75 Å². The number of nitrogens with one attached hydrogen (secondary N) is 1. The van der Waals surface area contributed by atoms with E-state index in [1.54, 1.807) is 19.3 Å². The lowest BCUT2D eigenvalue weighted by atomic mass is 10.2. The molecule has 1 N–H and O–H groups in total. The van der Waals surface area contributed by atoms with E-state index in [-0.39, 0.29) is 5.91 Å². The van der Waals surface area contributed by atoms with Crippen LogP contribution in [0.1, 0.15) is 18.4 Å². The van der Waals surface area contributed by atoms with Gasteiger partial charge in [0.15, 0.2) is 0 Å². The summed E-state index contributed by atoms with van der Waals surface area (Å²) < 4.78 is 5.24. The average molecular weight is 274 g/mol. The highest BCUT2D eigenvalue weighted by molar-refractivity contribution is 5.92. The molecule has 1 aromatic rings. The van der Waals surface area contributed by atoms with Gasteiger partial charge in [0.2, 0.25) is 5.91 Å². The Hall–Kier alpha value is -1.81. The SMILES string of the molecule is COc1ccccc1/C=C/C(=O)NCCN1CCCC1. The fourth-order valence-corrected chi connectivity index (χ4v) is 2.37. The molecule has 0 aromatic heterocycles. The summed E-state index contributed by atoms with van der Waals surface area (Å²) in [6, 6.07) is 7.64. The van der Waals surface area contributed by atoms with Crippen molar-refractivity contribution in [2.75, 3.05) is 33.3 Å². The van der Waals surface area contributed by atoms with E-state index < -0.39 is 0 Å². The largest absolute Gasteiger partial charge is 0.496 e. The molecule has 4 nitrogen and oxygen atoms in total. The number of nitrogens with zero attached hydrogens (tertiary/aromatic N) is 1. The van der Waals surface area contributed by atoms with E-state index >= 15 is 0 Å². The first-order valence-corrected chi connectivity index (χ1v) is 7.11. The van der Waals surface area contributed by atoms with E-state index in [9.17, 15) is 4.79 Å². The zero-order valence-electron chi connectivity index (χ0n) is 12.0. The number of ether oxygens (including phenoxy) is 1. The summed E-state index contributed by atoms with van der Waals surface area (Å²) in [6.45, 7) is 3.96. The number of amides is 1. The molecule has 108 valence electrons. The number of hydrogen-bond acceptors (Lipinski definition) is 3. The third-order valence-corrected chi connectivity index (χ3v) is 3.48. The van der Waals surface area contributed by atoms with Gasteiger partial charge in [-0.05, 0) is 38.1 Å². The summed E-state index contributed by atoms with van der Waals surface area (Å²) >= 11 is 0. The van der Waals surface area contributed by atoms with Crippen molar-refractivity contribution in [1.82, 2.24) is 10.2 Å². The van der Waals surface area contributed by atoms with Crippen molar-refractivity contribution < 1.29 is 9.53 Å². The Labute approximate surface area is 120 Å². The lowest BCUT2D eigenvalue weighted by Crippen LogP contribution is -2.32. The molecule has 1 aliphatic heterocycles. The average Bonchev–Trinajstić information content (AvgIpc) is 2.98. The minimum atomic E-state index is -0.0601. The highest BCUT2D eigenvalue weighted by Crippen LogP contribution is 2.18. The van der Waals surface area contributed by atoms with E-state index in [2.05, 4.69) is 10.2 Å². The summed E-state index contributed by atoms with van der Waals surface area (Å²) in [5, 5.41) is 2.91. The maximum absolute atomic E-state index is 11.7. The summed E-state index contributed by atoms with van der Waals surface area (Å²) in [5.41, 5.74) is 0.907. The van der Waals surface area contributed by atoms with E-state index in [1.807, 2.05) is 24.3 Å². The Kier molecular flexibility index (Phi) is 5.62. The van der Waals surface area contributed by atoms with Crippen molar-refractivity contribution in [2.45, 2.75) is 12.8 Å².